The molecule has 0 radical (unpaired) electrons. The van der Waals surface area contributed by atoms with Crippen molar-refractivity contribution in [3.63, 3.8) is 0 Å². The van der Waals surface area contributed by atoms with Crippen LogP contribution in [0.4, 0.5) is 4.79 Å². The number of ether oxygens (including phenoxy) is 1. The number of nitrogens with zero attached hydrogens (tertiary/aromatic N) is 2. The minimum atomic E-state index is -0.537. The number of carbonyl (C=O) groups is 2. The molecule has 1 aromatic rings. The predicted octanol–water partition coefficient (Wildman–Crippen LogP) is 1.81. The van der Waals surface area contributed by atoms with E-state index in [2.05, 4.69) is 15.5 Å². The molecule has 0 saturated carbocycles. The quantitative estimate of drug-likeness (QED) is 0.810. The molecule has 23 heavy (non-hydrogen) atoms. The molecule has 1 aliphatic rings. The Bertz CT molecular complexity index is 552. The molecule has 0 saturated heterocycles. The lowest BCUT2D eigenvalue weighted by Crippen LogP contribution is -2.36. The van der Waals surface area contributed by atoms with E-state index in [0.717, 1.165) is 5.56 Å². The molecule has 1 unspecified atom stereocenters. The number of H-pyrrole nitrogens is 1. The van der Waals surface area contributed by atoms with Gasteiger partial charge in [-0.05, 0) is 27.2 Å². The van der Waals surface area contributed by atoms with Gasteiger partial charge in [-0.15, -0.1) is 0 Å². The molecule has 2 amide bonds. The number of aromatic amines is 1. The molecule has 2 rings (SSSR count). The normalized spacial score (nSPS) is 15.5. The van der Waals surface area contributed by atoms with Gasteiger partial charge in [-0.3, -0.25) is 9.89 Å². The molecule has 0 aromatic carbocycles. The smallest absolute Gasteiger partial charge is 0.407 e. The first-order chi connectivity index (χ1) is 10.9. The second-order valence-corrected chi connectivity index (χ2v) is 6.52. The average Bonchev–Trinajstić information content (AvgIpc) is 3.13. The molecule has 1 atom stereocenters. The lowest BCUT2D eigenvalue weighted by molar-refractivity contribution is -0.131. The van der Waals surface area contributed by atoms with E-state index in [9.17, 15) is 9.59 Å². The van der Waals surface area contributed by atoms with Gasteiger partial charge in [0.05, 0.1) is 12.1 Å². The number of amides is 2. The summed E-state index contributed by atoms with van der Waals surface area (Å²) in [5.74, 6) is -0.286. The summed E-state index contributed by atoms with van der Waals surface area (Å²) >= 11 is 0. The second-order valence-electron chi connectivity index (χ2n) is 6.52. The zero-order valence-corrected chi connectivity index (χ0v) is 13.8. The van der Waals surface area contributed by atoms with Gasteiger partial charge in [0.25, 0.3) is 0 Å². The third-order valence-corrected chi connectivity index (χ3v) is 3.45. The van der Waals surface area contributed by atoms with Crippen LogP contribution < -0.4 is 5.32 Å². The van der Waals surface area contributed by atoms with E-state index in [1.165, 1.54) is 0 Å². The zero-order valence-electron chi connectivity index (χ0n) is 13.8. The minimum Gasteiger partial charge on any atom is -0.444 e. The highest BCUT2D eigenvalue weighted by molar-refractivity contribution is 5.84. The number of carbonyl (C=O) groups excluding carboxylic acids is 2. The van der Waals surface area contributed by atoms with Gasteiger partial charge >= 0.3 is 6.09 Å². The number of hydrogen-bond donors (Lipinski definition) is 2. The zero-order chi connectivity index (χ0) is 16.9. The topological polar surface area (TPSA) is 87.3 Å². The van der Waals surface area contributed by atoms with Crippen LogP contribution in [0.3, 0.4) is 0 Å². The van der Waals surface area contributed by atoms with Crippen LogP contribution in [0.1, 0.15) is 38.7 Å². The first-order valence-corrected chi connectivity index (χ1v) is 7.76. The Morgan fingerprint density at radius 1 is 1.39 bits per heavy atom. The number of alkyl carbamates (subject to hydrolysis) is 1. The molecule has 0 bridgehead atoms. The third-order valence-electron chi connectivity index (χ3n) is 3.45. The lowest BCUT2D eigenvalue weighted by Gasteiger charge is -2.23. The molecule has 0 fully saturated rings. The molecule has 126 valence electrons. The number of rotatable bonds is 5. The van der Waals surface area contributed by atoms with Gasteiger partial charge in [0, 0.05) is 31.4 Å². The van der Waals surface area contributed by atoms with Crippen LogP contribution >= 0.6 is 0 Å². The van der Waals surface area contributed by atoms with Crippen LogP contribution in [0.15, 0.2) is 24.5 Å². The fraction of sp³-hybridized carbons (Fsp3) is 0.562. The largest absolute Gasteiger partial charge is 0.444 e. The molecule has 1 aliphatic heterocycles. The van der Waals surface area contributed by atoms with Crippen molar-refractivity contribution < 1.29 is 14.3 Å². The monoisotopic (exact) mass is 320 g/mol. The third kappa shape index (κ3) is 5.12. The Morgan fingerprint density at radius 2 is 2.09 bits per heavy atom. The molecule has 7 nitrogen and oxygen atoms in total. The van der Waals surface area contributed by atoms with Crippen LogP contribution in [0.5, 0.6) is 0 Å². The fourth-order valence-corrected chi connectivity index (χ4v) is 2.40. The molecule has 2 N–H and O–H groups in total. The van der Waals surface area contributed by atoms with E-state index in [-0.39, 0.29) is 11.8 Å². The highest BCUT2D eigenvalue weighted by Gasteiger charge is 2.27. The van der Waals surface area contributed by atoms with Crippen molar-refractivity contribution in [2.45, 2.75) is 38.7 Å². The van der Waals surface area contributed by atoms with Crippen LogP contribution in [-0.2, 0) is 9.53 Å². The Morgan fingerprint density at radius 3 is 2.65 bits per heavy atom. The number of nitrogens with one attached hydrogen (secondary N) is 2. The Hall–Kier alpha value is -2.31. The summed E-state index contributed by atoms with van der Waals surface area (Å²) in [4.78, 5) is 26.1. The summed E-state index contributed by atoms with van der Waals surface area (Å²) in [6.45, 7) is 7.05. The van der Waals surface area contributed by atoms with Crippen molar-refractivity contribution in [3.05, 3.63) is 30.1 Å². The van der Waals surface area contributed by atoms with E-state index >= 15 is 0 Å². The molecule has 2 heterocycles. The minimum absolute atomic E-state index is 0.0439. The van der Waals surface area contributed by atoms with Crippen LogP contribution in [0.25, 0.3) is 0 Å². The van der Waals surface area contributed by atoms with Gasteiger partial charge < -0.3 is 15.0 Å². The maximum atomic E-state index is 12.6. The predicted molar refractivity (Wildman–Crippen MR) is 85.9 cm³/mol. The van der Waals surface area contributed by atoms with Gasteiger partial charge in [0.2, 0.25) is 5.91 Å². The summed E-state index contributed by atoms with van der Waals surface area (Å²) in [5, 5.41) is 9.36. The van der Waals surface area contributed by atoms with Crippen LogP contribution in [0, 0.1) is 0 Å². The lowest BCUT2D eigenvalue weighted by atomic mass is 9.97. The van der Waals surface area contributed by atoms with E-state index in [1.807, 2.05) is 32.9 Å². The number of hydrogen-bond acceptors (Lipinski definition) is 4. The summed E-state index contributed by atoms with van der Waals surface area (Å²) in [7, 11) is 0. The van der Waals surface area contributed by atoms with Gasteiger partial charge in [-0.25, -0.2) is 4.79 Å². The van der Waals surface area contributed by atoms with Gasteiger partial charge in [0.1, 0.15) is 5.60 Å². The van der Waals surface area contributed by atoms with Crippen molar-refractivity contribution in [2.24, 2.45) is 0 Å². The molecular weight excluding hydrogens is 296 g/mol. The first kappa shape index (κ1) is 17.1. The summed E-state index contributed by atoms with van der Waals surface area (Å²) in [5.41, 5.74) is 0.290. The highest BCUT2D eigenvalue weighted by atomic mass is 16.6. The Labute approximate surface area is 136 Å². The standard InChI is InChI=1S/C16H24N4O3/c1-16(2,3)23-15(22)17-7-6-13(12-10-18-19-11-12)14(21)20-8-4-5-9-20/h4-5,10-11,13H,6-9H2,1-3H3,(H,17,22)(H,18,19). The molecule has 0 spiro atoms. The van der Waals surface area contributed by atoms with Crippen molar-refractivity contribution in [1.29, 1.82) is 0 Å². The van der Waals surface area contributed by atoms with Crippen molar-refractivity contribution in [2.75, 3.05) is 19.6 Å². The van der Waals surface area contributed by atoms with Crippen LogP contribution in [-0.4, -0.2) is 52.3 Å². The van der Waals surface area contributed by atoms with E-state index in [4.69, 9.17) is 4.74 Å². The van der Waals surface area contributed by atoms with Gasteiger partial charge in [-0.1, -0.05) is 12.2 Å². The van der Waals surface area contributed by atoms with Crippen molar-refractivity contribution >= 4 is 12.0 Å². The number of aromatic nitrogens is 2. The summed E-state index contributed by atoms with van der Waals surface area (Å²) < 4.78 is 5.20. The average molecular weight is 320 g/mol. The first-order valence-electron chi connectivity index (χ1n) is 7.76. The molecule has 1 aromatic heterocycles. The molecular formula is C16H24N4O3. The van der Waals surface area contributed by atoms with Crippen LogP contribution in [0.2, 0.25) is 0 Å². The van der Waals surface area contributed by atoms with E-state index in [1.54, 1.807) is 17.3 Å². The van der Waals surface area contributed by atoms with Gasteiger partial charge in [0.15, 0.2) is 0 Å². The van der Waals surface area contributed by atoms with Crippen molar-refractivity contribution in [3.8, 4) is 0 Å². The summed E-state index contributed by atoms with van der Waals surface area (Å²) in [6, 6.07) is 0. The molecule has 7 heteroatoms. The van der Waals surface area contributed by atoms with E-state index in [0.29, 0.717) is 26.1 Å². The fourth-order valence-electron chi connectivity index (χ4n) is 2.40. The second kappa shape index (κ2) is 7.30. The maximum Gasteiger partial charge on any atom is 0.407 e. The Balaban J connectivity index is 1.91. The van der Waals surface area contributed by atoms with E-state index < -0.39 is 11.7 Å². The maximum absolute atomic E-state index is 12.6. The van der Waals surface area contributed by atoms with Gasteiger partial charge in [-0.2, -0.15) is 5.10 Å². The Kier molecular flexibility index (Phi) is 5.41. The highest BCUT2D eigenvalue weighted by Crippen LogP contribution is 2.22. The SMILES string of the molecule is CC(C)(C)OC(=O)NCCC(C(=O)N1CC=CC1)c1cn[nH]c1. The molecule has 0 aliphatic carbocycles. The van der Waals surface area contributed by atoms with Crippen molar-refractivity contribution in [1.82, 2.24) is 20.4 Å². The summed E-state index contributed by atoms with van der Waals surface area (Å²) in [6.07, 6.45) is 7.35.